The average molecular weight is 282 g/mol. The number of halogens is 2. The summed E-state index contributed by atoms with van der Waals surface area (Å²) in [5, 5.41) is 8.10. The van der Waals surface area contributed by atoms with Gasteiger partial charge in [0.05, 0.1) is 12.2 Å². The van der Waals surface area contributed by atoms with Crippen LogP contribution in [0.3, 0.4) is 0 Å². The van der Waals surface area contributed by atoms with Gasteiger partial charge in [0.15, 0.2) is 0 Å². The van der Waals surface area contributed by atoms with Crippen LogP contribution in [0.4, 0.5) is 4.39 Å². The van der Waals surface area contributed by atoms with Crippen molar-refractivity contribution >= 4 is 11.6 Å². The number of hydrogen-bond donors (Lipinski definition) is 1. The molecule has 0 unspecified atom stereocenters. The van der Waals surface area contributed by atoms with Crippen LogP contribution in [0, 0.1) is 5.82 Å². The van der Waals surface area contributed by atoms with Gasteiger partial charge in [-0.15, -0.1) is 0 Å². The fourth-order valence-electron chi connectivity index (χ4n) is 1.82. The van der Waals surface area contributed by atoms with Crippen molar-refractivity contribution in [2.24, 2.45) is 0 Å². The zero-order valence-electron chi connectivity index (χ0n) is 10.9. The molecule has 0 radical (unpaired) electrons. The summed E-state index contributed by atoms with van der Waals surface area (Å²) < 4.78 is 15.4. The van der Waals surface area contributed by atoms with Crippen LogP contribution in [-0.2, 0) is 13.1 Å². The van der Waals surface area contributed by atoms with Gasteiger partial charge in [0, 0.05) is 23.3 Å². The molecule has 1 N–H and O–H groups in total. The Bertz CT molecular complexity index is 519. The number of aromatic nitrogens is 2. The van der Waals surface area contributed by atoms with Gasteiger partial charge in [0.2, 0.25) is 0 Å². The molecule has 2 rings (SSSR count). The molecule has 0 fully saturated rings. The summed E-state index contributed by atoms with van der Waals surface area (Å²) in [5.41, 5.74) is 1.42. The van der Waals surface area contributed by atoms with Crippen molar-refractivity contribution in [1.82, 2.24) is 15.1 Å². The largest absolute Gasteiger partial charge is 0.311 e. The molecule has 0 aliphatic heterocycles. The number of nitrogens with one attached hydrogen (secondary N) is 1. The molecule has 0 saturated carbocycles. The first-order valence-corrected chi connectivity index (χ1v) is 6.74. The van der Waals surface area contributed by atoms with Crippen molar-refractivity contribution in [2.75, 3.05) is 6.54 Å². The predicted octanol–water partition coefficient (Wildman–Crippen LogP) is 3.22. The van der Waals surface area contributed by atoms with E-state index < -0.39 is 0 Å². The third-order valence-electron chi connectivity index (χ3n) is 2.81. The lowest BCUT2D eigenvalue weighted by Gasteiger charge is -2.06. The third kappa shape index (κ3) is 3.78. The van der Waals surface area contributed by atoms with Crippen LogP contribution in [0.1, 0.15) is 24.6 Å². The predicted molar refractivity (Wildman–Crippen MR) is 74.7 cm³/mol. The molecule has 3 nitrogen and oxygen atoms in total. The Kier molecular flexibility index (Phi) is 4.93. The lowest BCUT2D eigenvalue weighted by Crippen LogP contribution is -2.14. The van der Waals surface area contributed by atoms with Gasteiger partial charge in [-0.25, -0.2) is 4.39 Å². The van der Waals surface area contributed by atoms with E-state index in [1.807, 2.05) is 12.3 Å². The van der Waals surface area contributed by atoms with E-state index in [9.17, 15) is 4.39 Å². The fraction of sp³-hybridized carbons (Fsp3) is 0.357. The van der Waals surface area contributed by atoms with Gasteiger partial charge in [-0.05, 0) is 31.2 Å². The van der Waals surface area contributed by atoms with Crippen molar-refractivity contribution in [2.45, 2.75) is 26.4 Å². The molecule has 1 aromatic heterocycles. The number of hydrogen-bond acceptors (Lipinski definition) is 2. The topological polar surface area (TPSA) is 29.9 Å². The van der Waals surface area contributed by atoms with Crippen LogP contribution in [0.2, 0.25) is 5.02 Å². The average Bonchev–Trinajstić information content (AvgIpc) is 2.82. The first-order valence-electron chi connectivity index (χ1n) is 6.36. The van der Waals surface area contributed by atoms with E-state index in [-0.39, 0.29) is 5.82 Å². The molecule has 0 aliphatic rings. The van der Waals surface area contributed by atoms with Crippen molar-refractivity contribution in [3.05, 3.63) is 52.6 Å². The van der Waals surface area contributed by atoms with Crippen LogP contribution in [0.5, 0.6) is 0 Å². The minimum atomic E-state index is -0.298. The monoisotopic (exact) mass is 281 g/mol. The minimum absolute atomic E-state index is 0.298. The maximum Gasteiger partial charge on any atom is 0.129 e. The van der Waals surface area contributed by atoms with E-state index in [2.05, 4.69) is 17.3 Å². The van der Waals surface area contributed by atoms with Crippen LogP contribution in [0.15, 0.2) is 30.5 Å². The van der Waals surface area contributed by atoms with Crippen molar-refractivity contribution in [3.8, 4) is 0 Å². The molecular formula is C14H17ClFN3. The molecule has 0 atom stereocenters. The Labute approximate surface area is 117 Å². The first-order chi connectivity index (χ1) is 9.20. The molecule has 1 heterocycles. The first kappa shape index (κ1) is 14.0. The SMILES string of the molecule is CCCNCc1ccn(Cc2c(F)cccc2Cl)n1. The zero-order chi connectivity index (χ0) is 13.7. The highest BCUT2D eigenvalue weighted by molar-refractivity contribution is 6.31. The van der Waals surface area contributed by atoms with E-state index in [0.29, 0.717) is 17.1 Å². The molecular weight excluding hydrogens is 265 g/mol. The highest BCUT2D eigenvalue weighted by Gasteiger charge is 2.08. The second kappa shape index (κ2) is 6.68. The maximum absolute atomic E-state index is 13.7. The van der Waals surface area contributed by atoms with Gasteiger partial charge in [0.1, 0.15) is 5.82 Å². The summed E-state index contributed by atoms with van der Waals surface area (Å²) in [6.45, 7) is 4.16. The molecule has 0 bridgehead atoms. The van der Waals surface area contributed by atoms with Gasteiger partial charge in [0.25, 0.3) is 0 Å². The Morgan fingerprint density at radius 3 is 2.95 bits per heavy atom. The molecule has 5 heteroatoms. The van der Waals surface area contributed by atoms with Gasteiger partial charge < -0.3 is 5.32 Å². The number of nitrogens with zero attached hydrogens (tertiary/aromatic N) is 2. The highest BCUT2D eigenvalue weighted by atomic mass is 35.5. The summed E-state index contributed by atoms with van der Waals surface area (Å²) in [5.74, 6) is -0.298. The van der Waals surface area contributed by atoms with E-state index >= 15 is 0 Å². The highest BCUT2D eigenvalue weighted by Crippen LogP contribution is 2.19. The molecule has 0 spiro atoms. The van der Waals surface area contributed by atoms with Crippen LogP contribution in [0.25, 0.3) is 0 Å². The smallest absolute Gasteiger partial charge is 0.129 e. The molecule has 0 aliphatic carbocycles. The Morgan fingerprint density at radius 2 is 2.21 bits per heavy atom. The summed E-state index contributed by atoms with van der Waals surface area (Å²) >= 11 is 6.00. The maximum atomic E-state index is 13.7. The molecule has 1 aromatic carbocycles. The van der Waals surface area contributed by atoms with Gasteiger partial charge in [-0.3, -0.25) is 4.68 Å². The van der Waals surface area contributed by atoms with E-state index in [1.54, 1.807) is 16.8 Å². The molecule has 2 aromatic rings. The molecule has 102 valence electrons. The summed E-state index contributed by atoms with van der Waals surface area (Å²) in [6.07, 6.45) is 2.93. The lowest BCUT2D eigenvalue weighted by atomic mass is 10.2. The van der Waals surface area contributed by atoms with E-state index in [0.717, 1.165) is 25.2 Å². The van der Waals surface area contributed by atoms with E-state index in [1.165, 1.54) is 6.07 Å². The minimum Gasteiger partial charge on any atom is -0.311 e. The van der Waals surface area contributed by atoms with Gasteiger partial charge in [-0.2, -0.15) is 5.10 Å². The summed E-state index contributed by atoms with van der Waals surface area (Å²) in [6, 6.07) is 6.63. The van der Waals surface area contributed by atoms with Crippen molar-refractivity contribution in [1.29, 1.82) is 0 Å². The quantitative estimate of drug-likeness (QED) is 0.824. The van der Waals surface area contributed by atoms with Crippen LogP contribution >= 0.6 is 11.6 Å². The Balaban J connectivity index is 2.03. The normalized spacial score (nSPS) is 10.9. The van der Waals surface area contributed by atoms with Gasteiger partial charge in [-0.1, -0.05) is 24.6 Å². The second-order valence-electron chi connectivity index (χ2n) is 4.38. The lowest BCUT2D eigenvalue weighted by molar-refractivity contribution is 0.578. The number of rotatable bonds is 6. The molecule has 19 heavy (non-hydrogen) atoms. The van der Waals surface area contributed by atoms with Crippen molar-refractivity contribution in [3.63, 3.8) is 0 Å². The van der Waals surface area contributed by atoms with Crippen LogP contribution in [-0.4, -0.2) is 16.3 Å². The van der Waals surface area contributed by atoms with Crippen molar-refractivity contribution < 1.29 is 4.39 Å². The Hall–Kier alpha value is -1.39. The number of benzene rings is 1. The van der Waals surface area contributed by atoms with Crippen LogP contribution < -0.4 is 5.32 Å². The zero-order valence-corrected chi connectivity index (χ0v) is 11.6. The van der Waals surface area contributed by atoms with Gasteiger partial charge >= 0.3 is 0 Å². The summed E-state index contributed by atoms with van der Waals surface area (Å²) in [4.78, 5) is 0. The molecule has 0 amide bonds. The standard InChI is InChI=1S/C14H17ClFN3/c1-2-7-17-9-11-6-8-19(18-11)10-12-13(15)4-3-5-14(12)16/h3-6,8,17H,2,7,9-10H2,1H3. The Morgan fingerprint density at radius 1 is 1.37 bits per heavy atom. The third-order valence-corrected chi connectivity index (χ3v) is 3.16. The van der Waals surface area contributed by atoms with E-state index in [4.69, 9.17) is 11.6 Å². The fourth-order valence-corrected chi connectivity index (χ4v) is 2.05. The summed E-state index contributed by atoms with van der Waals surface area (Å²) in [7, 11) is 0. The molecule has 0 saturated heterocycles. The second-order valence-corrected chi connectivity index (χ2v) is 4.79.